The first-order valence-electron chi connectivity index (χ1n) is 7.83. The average Bonchev–Trinajstić information content (AvgIpc) is 3.17. The third kappa shape index (κ3) is 3.34. The normalized spacial score (nSPS) is 26.4. The van der Waals surface area contributed by atoms with Crippen molar-refractivity contribution in [1.29, 1.82) is 0 Å². The summed E-state index contributed by atoms with van der Waals surface area (Å²) in [5.41, 5.74) is 0. The van der Waals surface area contributed by atoms with Crippen LogP contribution in [0.3, 0.4) is 0 Å². The first-order valence-corrected chi connectivity index (χ1v) is 7.83. The maximum Gasteiger partial charge on any atom is 0.406 e. The topological polar surface area (TPSA) is 62.5 Å². The molecule has 2 fully saturated rings. The average molecular weight is 332 g/mol. The van der Waals surface area contributed by atoms with E-state index in [9.17, 15) is 18.0 Å². The van der Waals surface area contributed by atoms with Crippen LogP contribution in [0, 0.1) is 0 Å². The van der Waals surface area contributed by atoms with Gasteiger partial charge < -0.3 is 9.42 Å². The van der Waals surface area contributed by atoms with Crippen LogP contribution >= 0.6 is 0 Å². The highest BCUT2D eigenvalue weighted by Gasteiger charge is 2.45. The molecule has 2 aliphatic rings. The Balaban J connectivity index is 1.72. The molecule has 0 spiro atoms. The molecule has 23 heavy (non-hydrogen) atoms. The largest absolute Gasteiger partial charge is 0.406 e. The van der Waals surface area contributed by atoms with Crippen molar-refractivity contribution >= 4 is 5.91 Å². The third-order valence-corrected chi connectivity index (χ3v) is 4.42. The zero-order chi connectivity index (χ0) is 16.6. The Morgan fingerprint density at radius 2 is 2.04 bits per heavy atom. The Labute approximate surface area is 131 Å². The molecule has 2 aliphatic heterocycles. The Kier molecular flexibility index (Phi) is 4.31. The van der Waals surface area contributed by atoms with Crippen LogP contribution in [0.4, 0.5) is 13.2 Å². The summed E-state index contributed by atoms with van der Waals surface area (Å²) in [4.78, 5) is 19.5. The predicted molar refractivity (Wildman–Crippen MR) is 73.4 cm³/mol. The van der Waals surface area contributed by atoms with Crippen molar-refractivity contribution in [3.63, 3.8) is 0 Å². The molecule has 0 aliphatic carbocycles. The molecule has 0 radical (unpaired) electrons. The molecule has 3 rings (SSSR count). The summed E-state index contributed by atoms with van der Waals surface area (Å²) in [6, 6.07) is -0.674. The van der Waals surface area contributed by atoms with Crippen LogP contribution < -0.4 is 0 Å². The van der Waals surface area contributed by atoms with Crippen LogP contribution in [0.5, 0.6) is 0 Å². The number of aryl methyl sites for hydroxylation is 1. The van der Waals surface area contributed by atoms with Crippen LogP contribution in [-0.4, -0.2) is 57.7 Å². The van der Waals surface area contributed by atoms with Gasteiger partial charge in [0, 0.05) is 13.0 Å². The SMILES string of the molecule is CCc1nc([C@H]2CCCN2[C@@H]2CCN(CC(F)(F)F)C2=O)no1. The summed E-state index contributed by atoms with van der Waals surface area (Å²) < 4.78 is 42.7. The number of rotatable bonds is 4. The second-order valence-corrected chi connectivity index (χ2v) is 5.98. The Bertz CT molecular complexity index is 575. The number of amides is 1. The van der Waals surface area contributed by atoms with Crippen LogP contribution in [0.25, 0.3) is 0 Å². The molecule has 1 aromatic heterocycles. The number of carbonyl (C=O) groups is 1. The second-order valence-electron chi connectivity index (χ2n) is 5.98. The van der Waals surface area contributed by atoms with E-state index in [1.807, 2.05) is 11.8 Å². The lowest BCUT2D eigenvalue weighted by Crippen LogP contribution is -2.43. The van der Waals surface area contributed by atoms with Crippen LogP contribution in [-0.2, 0) is 11.2 Å². The zero-order valence-corrected chi connectivity index (χ0v) is 12.8. The van der Waals surface area contributed by atoms with E-state index >= 15 is 0 Å². The molecule has 3 heterocycles. The quantitative estimate of drug-likeness (QED) is 0.843. The van der Waals surface area contributed by atoms with Crippen molar-refractivity contribution < 1.29 is 22.5 Å². The number of alkyl halides is 3. The van der Waals surface area contributed by atoms with Gasteiger partial charge in [0.1, 0.15) is 6.54 Å². The molecule has 2 saturated heterocycles. The van der Waals surface area contributed by atoms with Gasteiger partial charge in [-0.3, -0.25) is 9.69 Å². The maximum atomic E-state index is 12.5. The smallest absolute Gasteiger partial charge is 0.339 e. The lowest BCUT2D eigenvalue weighted by Gasteiger charge is -2.27. The van der Waals surface area contributed by atoms with E-state index in [-0.39, 0.29) is 12.6 Å². The highest BCUT2D eigenvalue weighted by molar-refractivity contribution is 5.84. The number of halogens is 3. The summed E-state index contributed by atoms with van der Waals surface area (Å²) in [6.07, 6.45) is -1.68. The van der Waals surface area contributed by atoms with E-state index < -0.39 is 24.7 Å². The van der Waals surface area contributed by atoms with Gasteiger partial charge >= 0.3 is 6.18 Å². The fourth-order valence-corrected chi connectivity index (χ4v) is 3.39. The minimum Gasteiger partial charge on any atom is -0.339 e. The van der Waals surface area contributed by atoms with Gasteiger partial charge in [-0.25, -0.2) is 0 Å². The van der Waals surface area contributed by atoms with Gasteiger partial charge in [-0.2, -0.15) is 18.2 Å². The summed E-state index contributed by atoms with van der Waals surface area (Å²) >= 11 is 0. The molecule has 0 saturated carbocycles. The molecular formula is C14H19F3N4O2. The Hall–Kier alpha value is -1.64. The molecule has 128 valence electrons. The zero-order valence-electron chi connectivity index (χ0n) is 12.8. The molecule has 1 amide bonds. The molecule has 0 unspecified atom stereocenters. The van der Waals surface area contributed by atoms with Crippen LogP contribution in [0.1, 0.15) is 43.9 Å². The predicted octanol–water partition coefficient (Wildman–Crippen LogP) is 1.93. The van der Waals surface area contributed by atoms with Gasteiger partial charge in [0.25, 0.3) is 0 Å². The molecule has 0 N–H and O–H groups in total. The number of likely N-dealkylation sites (tertiary alicyclic amines) is 2. The van der Waals surface area contributed by atoms with Crippen LogP contribution in [0.15, 0.2) is 4.52 Å². The first-order chi connectivity index (χ1) is 10.9. The van der Waals surface area contributed by atoms with Gasteiger partial charge in [-0.05, 0) is 25.8 Å². The second kappa shape index (κ2) is 6.10. The maximum absolute atomic E-state index is 12.5. The van der Waals surface area contributed by atoms with Crippen molar-refractivity contribution in [3.05, 3.63) is 11.7 Å². The fourth-order valence-electron chi connectivity index (χ4n) is 3.39. The highest BCUT2D eigenvalue weighted by Crippen LogP contribution is 2.35. The molecular weight excluding hydrogens is 313 g/mol. The van der Waals surface area contributed by atoms with E-state index in [2.05, 4.69) is 10.1 Å². The van der Waals surface area contributed by atoms with Crippen molar-refractivity contribution in [1.82, 2.24) is 19.9 Å². The summed E-state index contributed by atoms with van der Waals surface area (Å²) in [7, 11) is 0. The van der Waals surface area contributed by atoms with Crippen molar-refractivity contribution in [2.24, 2.45) is 0 Å². The van der Waals surface area contributed by atoms with Gasteiger partial charge in [0.2, 0.25) is 11.8 Å². The molecule has 9 heteroatoms. The minimum absolute atomic E-state index is 0.138. The minimum atomic E-state index is -4.36. The Morgan fingerprint density at radius 3 is 2.70 bits per heavy atom. The standard InChI is InChI=1S/C14H19F3N4O2/c1-2-11-18-12(19-23-11)9-4-3-6-21(9)10-5-7-20(13(10)22)8-14(15,16)17/h9-10H,2-8H2,1H3/t9-,10-/m1/s1. The van der Waals surface area contributed by atoms with Gasteiger partial charge in [-0.1, -0.05) is 12.1 Å². The van der Waals surface area contributed by atoms with Crippen molar-refractivity contribution in [2.45, 2.75) is 50.9 Å². The lowest BCUT2D eigenvalue weighted by molar-refractivity contribution is -0.159. The van der Waals surface area contributed by atoms with Gasteiger partial charge in [0.15, 0.2) is 5.82 Å². The number of hydrogen-bond donors (Lipinski definition) is 0. The fraction of sp³-hybridized carbons (Fsp3) is 0.786. The van der Waals surface area contributed by atoms with E-state index in [4.69, 9.17) is 4.52 Å². The first kappa shape index (κ1) is 16.2. The lowest BCUT2D eigenvalue weighted by atomic mass is 10.1. The number of aromatic nitrogens is 2. The number of hydrogen-bond acceptors (Lipinski definition) is 5. The highest BCUT2D eigenvalue weighted by atomic mass is 19.4. The van der Waals surface area contributed by atoms with E-state index in [1.165, 1.54) is 0 Å². The molecule has 0 bridgehead atoms. The van der Waals surface area contributed by atoms with E-state index in [0.29, 0.717) is 31.1 Å². The monoisotopic (exact) mass is 332 g/mol. The molecule has 2 atom stereocenters. The summed E-state index contributed by atoms with van der Waals surface area (Å²) in [5, 5.41) is 3.96. The van der Waals surface area contributed by atoms with Crippen molar-refractivity contribution in [2.75, 3.05) is 19.6 Å². The summed E-state index contributed by atoms with van der Waals surface area (Å²) in [5.74, 6) is 0.609. The molecule has 1 aromatic rings. The summed E-state index contributed by atoms with van der Waals surface area (Å²) in [6.45, 7) is 1.53. The van der Waals surface area contributed by atoms with E-state index in [1.54, 1.807) is 0 Å². The molecule has 0 aromatic carbocycles. The third-order valence-electron chi connectivity index (χ3n) is 4.42. The number of nitrogens with zero attached hydrogens (tertiary/aromatic N) is 4. The molecule has 6 nitrogen and oxygen atoms in total. The van der Waals surface area contributed by atoms with Gasteiger partial charge in [0.05, 0.1) is 12.1 Å². The van der Waals surface area contributed by atoms with Gasteiger partial charge in [-0.15, -0.1) is 0 Å². The van der Waals surface area contributed by atoms with E-state index in [0.717, 1.165) is 17.7 Å². The van der Waals surface area contributed by atoms with Crippen molar-refractivity contribution in [3.8, 4) is 0 Å². The Morgan fingerprint density at radius 1 is 1.26 bits per heavy atom. The number of carbonyl (C=O) groups excluding carboxylic acids is 1. The van der Waals surface area contributed by atoms with Crippen LogP contribution in [0.2, 0.25) is 0 Å².